The summed E-state index contributed by atoms with van der Waals surface area (Å²) in [6.45, 7) is 16.7. The molecule has 0 bridgehead atoms. The van der Waals surface area contributed by atoms with Gasteiger partial charge in [-0.3, -0.25) is 0 Å². The molecular formula is C17H39OP3. The van der Waals surface area contributed by atoms with Crippen LogP contribution in [0.2, 0.25) is 0 Å². The molecule has 0 aliphatic carbocycles. The number of hydrogen-bond donors (Lipinski definition) is 0. The van der Waals surface area contributed by atoms with Crippen molar-refractivity contribution in [2.75, 3.05) is 70.5 Å². The molecule has 128 valence electrons. The van der Waals surface area contributed by atoms with Gasteiger partial charge in [0.15, 0.2) is 0 Å². The van der Waals surface area contributed by atoms with Crippen LogP contribution in [-0.4, -0.2) is 76.6 Å². The normalized spacial score (nSPS) is 35.3. The van der Waals surface area contributed by atoms with Gasteiger partial charge >= 0.3 is 134 Å². The number of rotatable bonds is 6. The Morgan fingerprint density at radius 2 is 1.86 bits per heavy atom. The molecule has 0 radical (unpaired) electrons. The first-order chi connectivity index (χ1) is 9.63. The van der Waals surface area contributed by atoms with Crippen molar-refractivity contribution < 1.29 is 4.74 Å². The van der Waals surface area contributed by atoms with Crippen LogP contribution in [0.15, 0.2) is 12.4 Å². The molecule has 0 N–H and O–H groups in total. The summed E-state index contributed by atoms with van der Waals surface area (Å²) in [5.74, 6) is 3.46. The van der Waals surface area contributed by atoms with Gasteiger partial charge in [0.1, 0.15) is 0 Å². The molecule has 2 unspecified atom stereocenters. The summed E-state index contributed by atoms with van der Waals surface area (Å²) in [5.41, 5.74) is 0. The van der Waals surface area contributed by atoms with Gasteiger partial charge in [-0.05, 0) is 0 Å². The number of hydrogen-bond acceptors (Lipinski definition) is 1. The van der Waals surface area contributed by atoms with E-state index in [1.807, 2.05) is 0 Å². The first-order valence-electron chi connectivity index (χ1n) is 8.88. The fourth-order valence-corrected chi connectivity index (χ4v) is 13.5. The molecule has 2 atom stereocenters. The topological polar surface area (TPSA) is 9.23 Å². The van der Waals surface area contributed by atoms with E-state index >= 15 is 0 Å². The van der Waals surface area contributed by atoms with Crippen LogP contribution in [0.4, 0.5) is 0 Å². The van der Waals surface area contributed by atoms with Crippen molar-refractivity contribution in [3.8, 4) is 0 Å². The Balaban J connectivity index is 1.87. The van der Waals surface area contributed by atoms with E-state index < -0.39 is 21.8 Å². The molecule has 2 saturated heterocycles. The van der Waals surface area contributed by atoms with Gasteiger partial charge in [-0.2, -0.15) is 0 Å². The fraction of sp³-hybridized carbons (Fsp3) is 0.882. The van der Waals surface area contributed by atoms with Crippen LogP contribution in [0.3, 0.4) is 0 Å². The summed E-state index contributed by atoms with van der Waals surface area (Å²) in [6.07, 6.45) is 11.9. The van der Waals surface area contributed by atoms with E-state index in [0.29, 0.717) is 6.10 Å². The van der Waals surface area contributed by atoms with Crippen molar-refractivity contribution in [1.29, 1.82) is 0 Å². The second kappa shape index (κ2) is 6.85. The van der Waals surface area contributed by atoms with Crippen molar-refractivity contribution in [1.82, 2.24) is 0 Å². The van der Waals surface area contributed by atoms with E-state index in [-0.39, 0.29) is 0 Å². The van der Waals surface area contributed by atoms with Crippen molar-refractivity contribution in [2.24, 2.45) is 5.92 Å². The summed E-state index contributed by atoms with van der Waals surface area (Å²) in [5, 5.41) is 0. The third-order valence-electron chi connectivity index (χ3n) is 5.55. The van der Waals surface area contributed by atoms with Crippen LogP contribution in [0.25, 0.3) is 0 Å². The molecule has 0 aromatic heterocycles. The van der Waals surface area contributed by atoms with Gasteiger partial charge in [0.05, 0.1) is 0 Å². The zero-order valence-electron chi connectivity index (χ0n) is 15.0. The molecule has 2 rings (SSSR count). The Morgan fingerprint density at radius 1 is 1.14 bits per heavy atom. The molecule has 0 spiro atoms. The van der Waals surface area contributed by atoms with E-state index in [2.05, 4.69) is 45.7 Å². The Labute approximate surface area is 134 Å². The molecule has 2 heterocycles. The van der Waals surface area contributed by atoms with Crippen LogP contribution in [-0.2, 0) is 4.74 Å². The Kier molecular flexibility index (Phi) is 5.98. The molecule has 21 heavy (non-hydrogen) atoms. The van der Waals surface area contributed by atoms with Crippen molar-refractivity contribution >= 4 is 21.8 Å². The average Bonchev–Trinajstić information content (AvgIpc) is 2.91. The van der Waals surface area contributed by atoms with Crippen molar-refractivity contribution in [2.45, 2.75) is 18.9 Å². The standard InChI is InChI=1S/C17H39OP3/c1-7-21(13-16-8-10-20(5,6)12-16)11-9-17(14-21)18-15-19(2,3)4/h7,16-17,19-21H,1,8-15H2,2-6H3. The molecule has 0 aromatic rings. The molecule has 0 saturated carbocycles. The van der Waals surface area contributed by atoms with Crippen LogP contribution in [0, 0.1) is 5.92 Å². The summed E-state index contributed by atoms with van der Waals surface area (Å²) in [4.78, 5) is 0. The van der Waals surface area contributed by atoms with Gasteiger partial charge in [0.2, 0.25) is 0 Å². The van der Waals surface area contributed by atoms with E-state index in [4.69, 9.17) is 4.74 Å². The Hall–Kier alpha value is 0.990. The summed E-state index contributed by atoms with van der Waals surface area (Å²) in [6, 6.07) is 0. The zero-order chi connectivity index (χ0) is 15.7. The summed E-state index contributed by atoms with van der Waals surface area (Å²) in [7, 11) is -3.10. The Morgan fingerprint density at radius 3 is 2.38 bits per heavy atom. The van der Waals surface area contributed by atoms with Gasteiger partial charge in [-0.1, -0.05) is 0 Å². The van der Waals surface area contributed by atoms with E-state index in [1.54, 1.807) is 12.3 Å². The third kappa shape index (κ3) is 5.53. The second-order valence-corrected chi connectivity index (χ2v) is 24.9. The molecule has 1 nitrogen and oxygen atoms in total. The van der Waals surface area contributed by atoms with E-state index in [1.165, 1.54) is 31.3 Å². The maximum atomic E-state index is 6.29. The molecule has 0 aromatic carbocycles. The van der Waals surface area contributed by atoms with Gasteiger partial charge in [0.25, 0.3) is 0 Å². The second-order valence-electron chi connectivity index (χ2n) is 9.78. The van der Waals surface area contributed by atoms with Gasteiger partial charge in [-0.15, -0.1) is 0 Å². The quantitative estimate of drug-likeness (QED) is 0.648. The van der Waals surface area contributed by atoms with Crippen LogP contribution in [0.1, 0.15) is 12.8 Å². The number of ether oxygens (including phenoxy) is 1. The van der Waals surface area contributed by atoms with E-state index in [0.717, 1.165) is 12.3 Å². The third-order valence-corrected chi connectivity index (χ3v) is 14.7. The first-order valence-corrected chi connectivity index (χ1v) is 18.7. The molecule has 2 aliphatic rings. The van der Waals surface area contributed by atoms with Gasteiger partial charge in [0, 0.05) is 0 Å². The molecular weight excluding hydrogens is 313 g/mol. The molecule has 0 amide bonds. The SMILES string of the molecule is C=C[PH]1(CC2CC[PH](C)(C)C2)CCC(OC[PH](C)(C)C)C1. The minimum absolute atomic E-state index is 0.563. The monoisotopic (exact) mass is 352 g/mol. The molecule has 2 aliphatic heterocycles. The minimum atomic E-state index is -1.22. The summed E-state index contributed by atoms with van der Waals surface area (Å²) < 4.78 is 6.29. The Bertz CT molecular complexity index is 375. The fourth-order valence-electron chi connectivity index (χ4n) is 4.40. The van der Waals surface area contributed by atoms with E-state index in [9.17, 15) is 0 Å². The van der Waals surface area contributed by atoms with Crippen molar-refractivity contribution in [3.05, 3.63) is 12.4 Å². The van der Waals surface area contributed by atoms with Gasteiger partial charge < -0.3 is 0 Å². The maximum absolute atomic E-state index is 6.29. The predicted octanol–water partition coefficient (Wildman–Crippen LogP) is 4.29. The van der Waals surface area contributed by atoms with Crippen molar-refractivity contribution in [3.63, 3.8) is 0 Å². The van der Waals surface area contributed by atoms with Crippen LogP contribution < -0.4 is 0 Å². The molecule has 4 heteroatoms. The van der Waals surface area contributed by atoms with Gasteiger partial charge in [-0.25, -0.2) is 0 Å². The first kappa shape index (κ1) is 18.3. The zero-order valence-corrected chi connectivity index (χ0v) is 18.0. The average molecular weight is 352 g/mol. The molecule has 2 fully saturated rings. The van der Waals surface area contributed by atoms with Crippen LogP contribution in [0.5, 0.6) is 0 Å². The van der Waals surface area contributed by atoms with Crippen LogP contribution >= 0.6 is 21.8 Å². The summed E-state index contributed by atoms with van der Waals surface area (Å²) >= 11 is 0. The predicted molar refractivity (Wildman–Crippen MR) is 112 cm³/mol.